The second-order valence-electron chi connectivity index (χ2n) is 7.66. The van der Waals surface area contributed by atoms with Gasteiger partial charge in [0, 0.05) is 16.6 Å². The molecule has 11 heteroatoms. The molecular weight excluding hydrogens is 495 g/mol. The number of rotatable bonds is 4. The maximum atomic E-state index is 13.3. The summed E-state index contributed by atoms with van der Waals surface area (Å²) in [6, 6.07) is 18.8. The Bertz CT molecular complexity index is 1720. The summed E-state index contributed by atoms with van der Waals surface area (Å²) in [4.78, 5) is 4.01. The molecule has 0 unspecified atom stereocenters. The number of nitrogens with two attached hydrogens (primary N) is 1. The van der Waals surface area contributed by atoms with E-state index in [-0.39, 0.29) is 34.9 Å². The third-order valence-electron chi connectivity index (χ3n) is 5.37. The van der Waals surface area contributed by atoms with Crippen molar-refractivity contribution in [3.63, 3.8) is 0 Å². The van der Waals surface area contributed by atoms with Crippen LogP contribution in [0.2, 0.25) is 0 Å². The van der Waals surface area contributed by atoms with Gasteiger partial charge in [0.25, 0.3) is 10.1 Å². The summed E-state index contributed by atoms with van der Waals surface area (Å²) in [5.41, 5.74) is 8.66. The molecule has 0 amide bonds. The quantitative estimate of drug-likeness (QED) is 0.164. The monoisotopic (exact) mass is 512 g/mol. The van der Waals surface area contributed by atoms with E-state index in [1.54, 1.807) is 36.4 Å². The van der Waals surface area contributed by atoms with Gasteiger partial charge < -0.3 is 10.8 Å². The van der Waals surface area contributed by atoms with Crippen molar-refractivity contribution >= 4 is 59.5 Å². The molecular formula is C24H17N4NaO4S2. The number of aromatic nitrogens is 1. The Hall–Kier alpha value is -2.86. The SMILES string of the molecule is Cc1ccccc1N=Nc1c(S(=O)(=O)O)cc2c(ccc3nc(-c4ccc(N)cc4)sc32)c1[O-].[Na+]. The second kappa shape index (κ2) is 9.65. The predicted molar refractivity (Wildman–Crippen MR) is 132 cm³/mol. The molecule has 5 rings (SSSR count). The van der Waals surface area contributed by atoms with Crippen molar-refractivity contribution in [3.05, 3.63) is 72.3 Å². The molecule has 5 aromatic rings. The number of nitrogens with zero attached hydrogens (tertiary/aromatic N) is 3. The minimum Gasteiger partial charge on any atom is -0.871 e. The van der Waals surface area contributed by atoms with E-state index in [1.807, 2.05) is 31.2 Å². The molecule has 0 bridgehead atoms. The van der Waals surface area contributed by atoms with E-state index in [2.05, 4.69) is 15.2 Å². The van der Waals surface area contributed by atoms with Gasteiger partial charge in [0.1, 0.15) is 9.90 Å². The van der Waals surface area contributed by atoms with Gasteiger partial charge in [-0.2, -0.15) is 13.5 Å². The fourth-order valence-corrected chi connectivity index (χ4v) is 5.35. The van der Waals surface area contributed by atoms with Crippen LogP contribution in [0.15, 0.2) is 81.9 Å². The van der Waals surface area contributed by atoms with Crippen LogP contribution >= 0.6 is 11.3 Å². The van der Waals surface area contributed by atoms with E-state index in [9.17, 15) is 18.1 Å². The number of azo groups is 1. The summed E-state index contributed by atoms with van der Waals surface area (Å²) in [5.74, 6) is -0.646. The molecule has 0 saturated heterocycles. The molecule has 1 heterocycles. The second-order valence-corrected chi connectivity index (χ2v) is 10.1. The average Bonchev–Trinajstić information content (AvgIpc) is 3.24. The summed E-state index contributed by atoms with van der Waals surface area (Å²) in [7, 11) is -4.76. The Morgan fingerprint density at radius 3 is 2.40 bits per heavy atom. The van der Waals surface area contributed by atoms with Gasteiger partial charge in [-0.3, -0.25) is 4.55 Å². The largest absolute Gasteiger partial charge is 1.00 e. The Morgan fingerprint density at radius 1 is 1.00 bits per heavy atom. The van der Waals surface area contributed by atoms with Gasteiger partial charge in [0.05, 0.1) is 21.6 Å². The smallest absolute Gasteiger partial charge is 0.871 e. The van der Waals surface area contributed by atoms with Gasteiger partial charge in [-0.25, -0.2) is 4.98 Å². The number of hydrogen-bond acceptors (Lipinski definition) is 8. The zero-order valence-corrected chi connectivity index (χ0v) is 22.4. The van der Waals surface area contributed by atoms with Gasteiger partial charge >= 0.3 is 29.6 Å². The molecule has 4 aromatic carbocycles. The van der Waals surface area contributed by atoms with Crippen LogP contribution in [0, 0.1) is 6.92 Å². The number of nitrogen functional groups attached to an aromatic ring is 1. The topological polar surface area (TPSA) is 141 Å². The molecule has 170 valence electrons. The van der Waals surface area contributed by atoms with E-state index in [4.69, 9.17) is 5.73 Å². The molecule has 0 atom stereocenters. The normalized spacial score (nSPS) is 11.8. The maximum absolute atomic E-state index is 13.3. The van der Waals surface area contributed by atoms with E-state index in [1.165, 1.54) is 17.4 Å². The summed E-state index contributed by atoms with van der Waals surface area (Å²) < 4.78 is 34.9. The Morgan fingerprint density at radius 2 is 1.71 bits per heavy atom. The molecule has 8 nitrogen and oxygen atoms in total. The van der Waals surface area contributed by atoms with Crippen LogP contribution in [0.3, 0.4) is 0 Å². The van der Waals surface area contributed by atoms with Crippen molar-refractivity contribution < 1.29 is 47.6 Å². The van der Waals surface area contributed by atoms with Crippen molar-refractivity contribution in [1.29, 1.82) is 0 Å². The van der Waals surface area contributed by atoms with Crippen LogP contribution in [-0.4, -0.2) is 18.0 Å². The Labute approximate surface area is 227 Å². The molecule has 0 aliphatic carbocycles. The summed E-state index contributed by atoms with van der Waals surface area (Å²) in [6.07, 6.45) is 0. The molecule has 3 N–H and O–H groups in total. The van der Waals surface area contributed by atoms with Crippen molar-refractivity contribution in [2.24, 2.45) is 10.2 Å². The van der Waals surface area contributed by atoms with Gasteiger partial charge in [-0.05, 0) is 60.3 Å². The average molecular weight is 513 g/mol. The number of benzene rings is 4. The zero-order chi connectivity index (χ0) is 24.0. The number of anilines is 1. The van der Waals surface area contributed by atoms with Crippen molar-refractivity contribution in [2.75, 3.05) is 5.73 Å². The first-order valence-electron chi connectivity index (χ1n) is 10.1. The zero-order valence-electron chi connectivity index (χ0n) is 18.8. The third kappa shape index (κ3) is 4.81. The maximum Gasteiger partial charge on any atom is 1.00 e. The number of thiazole rings is 1. The van der Waals surface area contributed by atoms with Gasteiger partial charge in [-0.15, -0.1) is 16.5 Å². The molecule has 0 fully saturated rings. The summed E-state index contributed by atoms with van der Waals surface area (Å²) in [5, 5.41) is 22.6. The number of fused-ring (bicyclic) bond motifs is 3. The first kappa shape index (κ1) is 25.2. The van der Waals surface area contributed by atoms with Crippen LogP contribution < -0.4 is 40.4 Å². The van der Waals surface area contributed by atoms with E-state index >= 15 is 0 Å². The van der Waals surface area contributed by atoms with E-state index in [0.29, 0.717) is 32.0 Å². The fraction of sp³-hybridized carbons (Fsp3) is 0.0417. The Kier molecular flexibility index (Phi) is 6.96. The third-order valence-corrected chi connectivity index (χ3v) is 7.39. The molecule has 0 saturated carbocycles. The minimum absolute atomic E-state index is 0. The molecule has 35 heavy (non-hydrogen) atoms. The van der Waals surface area contributed by atoms with Gasteiger partial charge in [0.2, 0.25) is 0 Å². The fourth-order valence-electron chi connectivity index (χ4n) is 3.61. The van der Waals surface area contributed by atoms with Crippen molar-refractivity contribution in [3.8, 4) is 16.3 Å². The first-order valence-corrected chi connectivity index (χ1v) is 12.4. The van der Waals surface area contributed by atoms with Crippen molar-refractivity contribution in [1.82, 2.24) is 4.98 Å². The summed E-state index contributed by atoms with van der Waals surface area (Å²) in [6.45, 7) is 1.82. The van der Waals surface area contributed by atoms with Crippen molar-refractivity contribution in [2.45, 2.75) is 11.8 Å². The molecule has 1 aromatic heterocycles. The molecule has 0 radical (unpaired) electrons. The van der Waals surface area contributed by atoms with Crippen LogP contribution in [0.4, 0.5) is 17.1 Å². The molecule has 0 spiro atoms. The summed E-state index contributed by atoms with van der Waals surface area (Å²) >= 11 is 1.31. The van der Waals surface area contributed by atoms with Gasteiger partial charge in [-0.1, -0.05) is 30.0 Å². The molecule has 0 aliphatic rings. The van der Waals surface area contributed by atoms with E-state index in [0.717, 1.165) is 11.1 Å². The van der Waals surface area contributed by atoms with Crippen LogP contribution in [0.5, 0.6) is 5.75 Å². The van der Waals surface area contributed by atoms with Gasteiger partial charge in [0.15, 0.2) is 0 Å². The first-order chi connectivity index (χ1) is 16.2. The van der Waals surface area contributed by atoms with Crippen LogP contribution in [0.25, 0.3) is 31.6 Å². The Balaban J connectivity index is 0.00000289. The van der Waals surface area contributed by atoms with Crippen LogP contribution in [-0.2, 0) is 10.1 Å². The minimum atomic E-state index is -4.76. The standard InChI is InChI=1S/C24H18N4O4S2.Na/c1-13-4-2-3-5-18(13)27-28-21-20(34(30,31)32)12-17-16(22(21)29)10-11-19-23(17)33-24(26-19)14-6-8-15(25)9-7-14;/h2-12,29H,25H2,1H3,(H,30,31,32);/q;+1/p-1. The predicted octanol–water partition coefficient (Wildman–Crippen LogP) is 2.75. The van der Waals surface area contributed by atoms with E-state index < -0.39 is 26.5 Å². The number of hydrogen-bond donors (Lipinski definition) is 2. The number of aryl methyl sites for hydroxylation is 1. The van der Waals surface area contributed by atoms with Crippen LogP contribution in [0.1, 0.15) is 5.56 Å². The molecule has 0 aliphatic heterocycles.